The maximum absolute atomic E-state index is 11.5. The van der Waals surface area contributed by atoms with Gasteiger partial charge in [0.05, 0.1) is 7.11 Å². The number of methoxy groups -OCH3 is 1. The van der Waals surface area contributed by atoms with Crippen LogP contribution in [0.1, 0.15) is 19.8 Å². The largest absolute Gasteiger partial charge is 0.474 e. The van der Waals surface area contributed by atoms with E-state index < -0.39 is 0 Å². The van der Waals surface area contributed by atoms with E-state index in [4.69, 9.17) is 9.47 Å². The lowest BCUT2D eigenvalue weighted by Gasteiger charge is -2.34. The second-order valence-corrected chi connectivity index (χ2v) is 4.72. The SMILES string of the molecule is COC(=O)C(C)N1CCC(Oc2ccccn2)CC1. The third kappa shape index (κ3) is 3.67. The molecule has 0 aromatic carbocycles. The van der Waals surface area contributed by atoms with Gasteiger partial charge in [-0.15, -0.1) is 0 Å². The van der Waals surface area contributed by atoms with Crippen molar-refractivity contribution in [3.05, 3.63) is 24.4 Å². The highest BCUT2D eigenvalue weighted by Crippen LogP contribution is 2.18. The lowest BCUT2D eigenvalue weighted by molar-refractivity contribution is -0.147. The number of hydrogen-bond acceptors (Lipinski definition) is 5. The van der Waals surface area contributed by atoms with Gasteiger partial charge in [-0.05, 0) is 25.8 Å². The summed E-state index contributed by atoms with van der Waals surface area (Å²) in [6.07, 6.45) is 3.70. The molecule has 0 aliphatic carbocycles. The molecule has 5 heteroatoms. The first-order valence-corrected chi connectivity index (χ1v) is 6.60. The van der Waals surface area contributed by atoms with Gasteiger partial charge in [0.2, 0.25) is 5.88 Å². The molecule has 0 spiro atoms. The Kier molecular flexibility index (Phi) is 4.74. The Labute approximate surface area is 113 Å². The van der Waals surface area contributed by atoms with Gasteiger partial charge in [-0.25, -0.2) is 4.98 Å². The fraction of sp³-hybridized carbons (Fsp3) is 0.571. The molecule has 0 radical (unpaired) electrons. The molecule has 2 heterocycles. The van der Waals surface area contributed by atoms with E-state index in [-0.39, 0.29) is 18.1 Å². The maximum Gasteiger partial charge on any atom is 0.322 e. The standard InChI is InChI=1S/C14H20N2O3/c1-11(14(17)18-2)16-9-6-12(7-10-16)19-13-5-3-4-8-15-13/h3-5,8,11-12H,6-7,9-10H2,1-2H3. The number of hydrogen-bond donors (Lipinski definition) is 0. The zero-order chi connectivity index (χ0) is 13.7. The molecule has 1 atom stereocenters. The highest BCUT2D eigenvalue weighted by Gasteiger charge is 2.27. The van der Waals surface area contributed by atoms with E-state index in [2.05, 4.69) is 9.88 Å². The molecule has 2 rings (SSSR count). The Balaban J connectivity index is 1.81. The predicted octanol–water partition coefficient (Wildman–Crippen LogP) is 1.49. The molecule has 1 aromatic rings. The minimum Gasteiger partial charge on any atom is -0.474 e. The van der Waals surface area contributed by atoms with Crippen molar-refractivity contribution < 1.29 is 14.3 Å². The van der Waals surface area contributed by atoms with Crippen molar-refractivity contribution in [2.45, 2.75) is 31.9 Å². The van der Waals surface area contributed by atoms with Crippen LogP contribution in [0.25, 0.3) is 0 Å². The van der Waals surface area contributed by atoms with Crippen molar-refractivity contribution >= 4 is 5.97 Å². The number of rotatable bonds is 4. The number of piperidine rings is 1. The molecule has 104 valence electrons. The van der Waals surface area contributed by atoms with Crippen LogP contribution in [0.2, 0.25) is 0 Å². The molecule has 1 aliphatic heterocycles. The van der Waals surface area contributed by atoms with E-state index in [1.807, 2.05) is 25.1 Å². The van der Waals surface area contributed by atoms with Crippen LogP contribution in [0.5, 0.6) is 5.88 Å². The average molecular weight is 264 g/mol. The highest BCUT2D eigenvalue weighted by atomic mass is 16.5. The summed E-state index contributed by atoms with van der Waals surface area (Å²) >= 11 is 0. The summed E-state index contributed by atoms with van der Waals surface area (Å²) in [6, 6.07) is 5.47. The Hall–Kier alpha value is -1.62. The van der Waals surface area contributed by atoms with Gasteiger partial charge in [-0.1, -0.05) is 6.07 Å². The van der Waals surface area contributed by atoms with Crippen LogP contribution in [0.15, 0.2) is 24.4 Å². The molecule has 1 unspecified atom stereocenters. The van der Waals surface area contributed by atoms with Gasteiger partial charge in [0.25, 0.3) is 0 Å². The molecular formula is C14H20N2O3. The van der Waals surface area contributed by atoms with Crippen LogP contribution in [-0.2, 0) is 9.53 Å². The quantitative estimate of drug-likeness (QED) is 0.771. The minimum absolute atomic E-state index is 0.177. The first-order valence-electron chi connectivity index (χ1n) is 6.60. The molecular weight excluding hydrogens is 244 g/mol. The Bertz CT molecular complexity index is 402. The molecule has 0 amide bonds. The van der Waals surface area contributed by atoms with Crippen LogP contribution < -0.4 is 4.74 Å². The second-order valence-electron chi connectivity index (χ2n) is 4.72. The number of likely N-dealkylation sites (tertiary alicyclic amines) is 1. The molecule has 0 saturated carbocycles. The monoisotopic (exact) mass is 264 g/mol. The number of nitrogens with zero attached hydrogens (tertiary/aromatic N) is 2. The fourth-order valence-electron chi connectivity index (χ4n) is 2.29. The first-order chi connectivity index (χ1) is 9.20. The zero-order valence-corrected chi connectivity index (χ0v) is 11.4. The van der Waals surface area contributed by atoms with E-state index in [9.17, 15) is 4.79 Å². The van der Waals surface area contributed by atoms with Crippen molar-refractivity contribution in [3.8, 4) is 5.88 Å². The summed E-state index contributed by atoms with van der Waals surface area (Å²) in [4.78, 5) is 17.8. The number of ether oxygens (including phenoxy) is 2. The Morgan fingerprint density at radius 2 is 2.16 bits per heavy atom. The lowest BCUT2D eigenvalue weighted by Crippen LogP contribution is -2.46. The van der Waals surface area contributed by atoms with Crippen LogP contribution in [0.4, 0.5) is 0 Å². The third-order valence-electron chi connectivity index (χ3n) is 3.49. The summed E-state index contributed by atoms with van der Waals surface area (Å²) < 4.78 is 10.6. The molecule has 1 aromatic heterocycles. The summed E-state index contributed by atoms with van der Waals surface area (Å²) in [5.41, 5.74) is 0. The maximum atomic E-state index is 11.5. The van der Waals surface area contributed by atoms with Crippen LogP contribution >= 0.6 is 0 Å². The smallest absolute Gasteiger partial charge is 0.322 e. The number of carbonyl (C=O) groups excluding carboxylic acids is 1. The molecule has 5 nitrogen and oxygen atoms in total. The molecule has 1 aliphatic rings. The lowest BCUT2D eigenvalue weighted by atomic mass is 10.1. The van der Waals surface area contributed by atoms with Crippen LogP contribution in [0.3, 0.4) is 0 Å². The van der Waals surface area contributed by atoms with Crippen LogP contribution in [-0.4, -0.2) is 48.2 Å². The fourth-order valence-corrected chi connectivity index (χ4v) is 2.29. The van der Waals surface area contributed by atoms with Crippen LogP contribution in [0, 0.1) is 0 Å². The van der Waals surface area contributed by atoms with E-state index in [1.165, 1.54) is 7.11 Å². The molecule has 0 bridgehead atoms. The molecule has 19 heavy (non-hydrogen) atoms. The van der Waals surface area contributed by atoms with E-state index >= 15 is 0 Å². The van der Waals surface area contributed by atoms with Gasteiger partial charge in [0.15, 0.2) is 0 Å². The van der Waals surface area contributed by atoms with Gasteiger partial charge in [0.1, 0.15) is 12.1 Å². The topological polar surface area (TPSA) is 51.7 Å². The van der Waals surface area contributed by atoms with Gasteiger partial charge in [-0.3, -0.25) is 9.69 Å². The summed E-state index contributed by atoms with van der Waals surface area (Å²) in [7, 11) is 1.43. The van der Waals surface area contributed by atoms with Gasteiger partial charge < -0.3 is 9.47 Å². The second kappa shape index (κ2) is 6.52. The Morgan fingerprint density at radius 1 is 1.42 bits per heavy atom. The Morgan fingerprint density at radius 3 is 2.74 bits per heavy atom. The number of pyridine rings is 1. The van der Waals surface area contributed by atoms with Gasteiger partial charge in [-0.2, -0.15) is 0 Å². The highest BCUT2D eigenvalue weighted by molar-refractivity contribution is 5.75. The summed E-state index contributed by atoms with van der Waals surface area (Å²) in [5, 5.41) is 0. The number of carbonyl (C=O) groups is 1. The van der Waals surface area contributed by atoms with Crippen molar-refractivity contribution in [1.82, 2.24) is 9.88 Å². The molecule has 0 N–H and O–H groups in total. The van der Waals surface area contributed by atoms with E-state index in [0.29, 0.717) is 5.88 Å². The average Bonchev–Trinajstić information content (AvgIpc) is 2.47. The zero-order valence-electron chi connectivity index (χ0n) is 11.4. The van der Waals surface area contributed by atoms with Crippen molar-refractivity contribution in [3.63, 3.8) is 0 Å². The van der Waals surface area contributed by atoms with Crippen molar-refractivity contribution in [2.75, 3.05) is 20.2 Å². The normalized spacial score (nSPS) is 18.8. The predicted molar refractivity (Wildman–Crippen MR) is 70.9 cm³/mol. The third-order valence-corrected chi connectivity index (χ3v) is 3.49. The molecule has 1 saturated heterocycles. The minimum atomic E-state index is -0.180. The molecule has 1 fully saturated rings. The van der Waals surface area contributed by atoms with Gasteiger partial charge in [0, 0.05) is 25.4 Å². The number of aromatic nitrogens is 1. The number of esters is 1. The van der Waals surface area contributed by atoms with Gasteiger partial charge >= 0.3 is 5.97 Å². The summed E-state index contributed by atoms with van der Waals surface area (Å²) in [6.45, 7) is 3.56. The van der Waals surface area contributed by atoms with E-state index in [0.717, 1.165) is 25.9 Å². The van der Waals surface area contributed by atoms with Crippen molar-refractivity contribution in [1.29, 1.82) is 0 Å². The first kappa shape index (κ1) is 13.8. The summed E-state index contributed by atoms with van der Waals surface area (Å²) in [5.74, 6) is 0.492. The van der Waals surface area contributed by atoms with Crippen molar-refractivity contribution in [2.24, 2.45) is 0 Å². The van der Waals surface area contributed by atoms with E-state index in [1.54, 1.807) is 6.20 Å².